The van der Waals surface area contributed by atoms with Gasteiger partial charge in [-0.05, 0) is 43.3 Å². The van der Waals surface area contributed by atoms with Gasteiger partial charge in [0, 0.05) is 10.6 Å². The number of carboxylic acid groups (broad SMARTS) is 1. The molecule has 0 aliphatic heterocycles. The molecule has 1 atom stereocenters. The molecule has 3 aromatic rings. The molecule has 32 heavy (non-hydrogen) atoms. The lowest BCUT2D eigenvalue weighted by Gasteiger charge is -2.22. The van der Waals surface area contributed by atoms with Crippen LogP contribution < -0.4 is 10.1 Å². The van der Waals surface area contributed by atoms with Crippen molar-refractivity contribution in [3.8, 4) is 11.8 Å². The number of aromatic carboxylic acids is 1. The third kappa shape index (κ3) is 5.25. The molecule has 1 heterocycles. The van der Waals surface area contributed by atoms with Crippen LogP contribution in [0.4, 0.5) is 13.2 Å². The number of alkyl halides is 3. The van der Waals surface area contributed by atoms with Crippen molar-refractivity contribution in [2.24, 2.45) is 0 Å². The van der Waals surface area contributed by atoms with Gasteiger partial charge in [-0.25, -0.2) is 4.79 Å². The van der Waals surface area contributed by atoms with Crippen molar-refractivity contribution in [3.63, 3.8) is 0 Å². The van der Waals surface area contributed by atoms with Crippen LogP contribution in [0.5, 0.6) is 5.75 Å². The summed E-state index contributed by atoms with van der Waals surface area (Å²) in [5, 5.41) is 29.7. The number of nitriles is 1. The Morgan fingerprint density at radius 2 is 1.91 bits per heavy atom. The number of hydrogen-bond acceptors (Lipinski definition) is 6. The summed E-state index contributed by atoms with van der Waals surface area (Å²) in [4.78, 5) is 25.0. The highest BCUT2D eigenvalue weighted by molar-refractivity contribution is 6.31. The van der Waals surface area contributed by atoms with E-state index in [4.69, 9.17) is 11.6 Å². The zero-order valence-corrected chi connectivity index (χ0v) is 16.9. The zero-order valence-electron chi connectivity index (χ0n) is 16.1. The Labute approximate surface area is 182 Å². The van der Waals surface area contributed by atoms with Crippen molar-refractivity contribution in [2.45, 2.75) is 25.4 Å². The van der Waals surface area contributed by atoms with Gasteiger partial charge in [0.1, 0.15) is 22.3 Å². The lowest BCUT2D eigenvalue weighted by atomic mass is 10.0. The summed E-state index contributed by atoms with van der Waals surface area (Å²) in [6, 6.07) is 8.67. The van der Waals surface area contributed by atoms with E-state index in [1.807, 2.05) is 6.07 Å². The summed E-state index contributed by atoms with van der Waals surface area (Å²) in [7, 11) is 0. The van der Waals surface area contributed by atoms with Gasteiger partial charge in [0.15, 0.2) is 0 Å². The minimum atomic E-state index is -4.87. The van der Waals surface area contributed by atoms with Crippen molar-refractivity contribution < 1.29 is 32.6 Å². The number of halogens is 4. The van der Waals surface area contributed by atoms with Gasteiger partial charge in [-0.3, -0.25) is 4.79 Å². The highest BCUT2D eigenvalue weighted by atomic mass is 35.5. The predicted octanol–water partition coefficient (Wildman–Crippen LogP) is 3.39. The molecule has 0 saturated carbocycles. The number of fused-ring (bicyclic) bond motifs is 1. The van der Waals surface area contributed by atoms with Crippen LogP contribution in [0.3, 0.4) is 0 Å². The molecule has 0 fully saturated rings. The second-order valence-corrected chi connectivity index (χ2v) is 7.26. The van der Waals surface area contributed by atoms with E-state index in [9.17, 15) is 33.1 Å². The molecule has 1 aromatic heterocycles. The van der Waals surface area contributed by atoms with E-state index >= 15 is 0 Å². The Morgan fingerprint density at radius 3 is 2.47 bits per heavy atom. The number of carbonyl (C=O) groups excluding carboxylic acids is 1. The molecule has 2 aromatic carbocycles. The molecule has 0 aliphatic rings. The van der Waals surface area contributed by atoms with Crippen LogP contribution in [0.15, 0.2) is 36.4 Å². The van der Waals surface area contributed by atoms with Crippen LogP contribution in [0.25, 0.3) is 11.0 Å². The molecule has 0 bridgehead atoms. The van der Waals surface area contributed by atoms with Gasteiger partial charge in [0.25, 0.3) is 5.91 Å². The maximum absolute atomic E-state index is 12.5. The van der Waals surface area contributed by atoms with Gasteiger partial charge >= 0.3 is 12.3 Å². The van der Waals surface area contributed by atoms with Gasteiger partial charge in [-0.1, -0.05) is 11.6 Å². The van der Waals surface area contributed by atoms with Crippen molar-refractivity contribution in [1.29, 1.82) is 5.26 Å². The van der Waals surface area contributed by atoms with Crippen LogP contribution in [-0.2, 0) is 6.54 Å². The molecule has 0 spiro atoms. The van der Waals surface area contributed by atoms with Crippen molar-refractivity contribution >= 4 is 34.5 Å². The standard InChI is InChI=1S/C19H13ClF3N5O4/c1-18(8-24,25-16(29)10-2-4-12(5-3-10)32-19(21,22)23)9-28-26-14-7-11(20)6-13(17(30)31)15(14)27-28/h2-7H,9H2,1H3,(H,25,29)(H,30,31). The van der Waals surface area contributed by atoms with E-state index in [1.165, 1.54) is 19.1 Å². The van der Waals surface area contributed by atoms with Gasteiger partial charge in [0.05, 0.1) is 18.2 Å². The lowest BCUT2D eigenvalue weighted by molar-refractivity contribution is -0.274. The average molecular weight is 468 g/mol. The molecule has 9 nitrogen and oxygen atoms in total. The van der Waals surface area contributed by atoms with E-state index in [-0.39, 0.29) is 33.7 Å². The number of nitrogens with zero attached hydrogens (tertiary/aromatic N) is 4. The number of rotatable bonds is 6. The predicted molar refractivity (Wildman–Crippen MR) is 104 cm³/mol. The first-order valence-electron chi connectivity index (χ1n) is 8.76. The molecule has 0 aliphatic carbocycles. The van der Waals surface area contributed by atoms with Gasteiger partial charge < -0.3 is 15.2 Å². The molecule has 1 amide bonds. The van der Waals surface area contributed by atoms with Crippen LogP contribution in [0, 0.1) is 11.3 Å². The molecule has 1 unspecified atom stereocenters. The summed E-state index contributed by atoms with van der Waals surface area (Å²) >= 11 is 5.90. The number of aromatic nitrogens is 3. The van der Waals surface area contributed by atoms with E-state index in [2.05, 4.69) is 20.3 Å². The largest absolute Gasteiger partial charge is 0.573 e. The third-order valence-electron chi connectivity index (χ3n) is 4.17. The molecule has 166 valence electrons. The number of nitrogens with one attached hydrogen (secondary N) is 1. The highest BCUT2D eigenvalue weighted by Gasteiger charge is 2.32. The number of amides is 1. The first-order chi connectivity index (χ1) is 14.9. The first kappa shape index (κ1) is 22.8. The fourth-order valence-electron chi connectivity index (χ4n) is 2.78. The molecule has 13 heteroatoms. The van der Waals surface area contributed by atoms with Crippen LogP contribution in [0.2, 0.25) is 5.02 Å². The van der Waals surface area contributed by atoms with Gasteiger partial charge in [-0.2, -0.15) is 20.3 Å². The molecular formula is C19H13ClF3N5O4. The quantitative estimate of drug-likeness (QED) is 0.568. The van der Waals surface area contributed by atoms with Crippen molar-refractivity contribution in [2.75, 3.05) is 0 Å². The second-order valence-electron chi connectivity index (χ2n) is 6.83. The molecular weight excluding hydrogens is 455 g/mol. The Hall–Kier alpha value is -3.85. The normalized spacial score (nSPS) is 13.2. The summed E-state index contributed by atoms with van der Waals surface area (Å²) < 4.78 is 40.5. The molecule has 0 saturated heterocycles. The molecule has 0 radical (unpaired) electrons. The van der Waals surface area contributed by atoms with Crippen LogP contribution in [-0.4, -0.2) is 43.9 Å². The fourth-order valence-corrected chi connectivity index (χ4v) is 2.99. The number of carbonyl (C=O) groups is 2. The topological polar surface area (TPSA) is 130 Å². The summed E-state index contributed by atoms with van der Waals surface area (Å²) in [5.74, 6) is -2.50. The zero-order chi connectivity index (χ0) is 23.7. The Balaban J connectivity index is 1.80. The molecule has 2 N–H and O–H groups in total. The average Bonchev–Trinajstić information content (AvgIpc) is 3.07. The first-order valence-corrected chi connectivity index (χ1v) is 9.14. The van der Waals surface area contributed by atoms with Crippen molar-refractivity contribution in [3.05, 3.63) is 52.5 Å². The van der Waals surface area contributed by atoms with Gasteiger partial charge in [0.2, 0.25) is 0 Å². The maximum atomic E-state index is 12.5. The van der Waals surface area contributed by atoms with Crippen LogP contribution in [0.1, 0.15) is 27.6 Å². The van der Waals surface area contributed by atoms with E-state index < -0.39 is 29.5 Å². The Bertz CT molecular complexity index is 1240. The second kappa shape index (κ2) is 8.35. The van der Waals surface area contributed by atoms with Gasteiger partial charge in [-0.15, -0.1) is 13.2 Å². The smallest absolute Gasteiger partial charge is 0.478 e. The number of hydrogen-bond donors (Lipinski definition) is 2. The summed E-state index contributed by atoms with van der Waals surface area (Å²) in [5.41, 5.74) is -1.50. The fraction of sp³-hybridized carbons (Fsp3) is 0.211. The van der Waals surface area contributed by atoms with E-state index in [1.54, 1.807) is 0 Å². The minimum absolute atomic E-state index is 0.0143. The maximum Gasteiger partial charge on any atom is 0.573 e. The lowest BCUT2D eigenvalue weighted by Crippen LogP contribution is -2.48. The number of ether oxygens (including phenoxy) is 1. The Morgan fingerprint density at radius 1 is 1.25 bits per heavy atom. The van der Waals surface area contributed by atoms with E-state index in [0.29, 0.717) is 0 Å². The number of benzene rings is 2. The SMILES string of the molecule is CC(C#N)(Cn1nc2cc(Cl)cc(C(=O)O)c2n1)NC(=O)c1ccc(OC(F)(F)F)cc1. The number of carboxylic acids is 1. The monoisotopic (exact) mass is 467 g/mol. The highest BCUT2D eigenvalue weighted by Crippen LogP contribution is 2.24. The Kier molecular flexibility index (Phi) is 5.96. The van der Waals surface area contributed by atoms with Crippen LogP contribution >= 0.6 is 11.6 Å². The molecule has 3 rings (SSSR count). The third-order valence-corrected chi connectivity index (χ3v) is 4.39. The summed E-state index contributed by atoms with van der Waals surface area (Å²) in [6.07, 6.45) is -4.87. The van der Waals surface area contributed by atoms with E-state index in [0.717, 1.165) is 29.1 Å². The summed E-state index contributed by atoms with van der Waals surface area (Å²) in [6.45, 7) is 1.13. The minimum Gasteiger partial charge on any atom is -0.478 e. The van der Waals surface area contributed by atoms with Crippen molar-refractivity contribution in [1.82, 2.24) is 20.3 Å².